The van der Waals surface area contributed by atoms with Crippen LogP contribution in [0.3, 0.4) is 0 Å². The number of thioether (sulfide) groups is 1. The molecule has 1 spiro atoms. The molecular weight excluding hydrogens is 500 g/mol. The van der Waals surface area contributed by atoms with E-state index in [1.165, 1.54) is 0 Å². The fourth-order valence-electron chi connectivity index (χ4n) is 5.95. The summed E-state index contributed by atoms with van der Waals surface area (Å²) in [6, 6.07) is 6.41. The van der Waals surface area contributed by atoms with E-state index in [9.17, 15) is 14.4 Å². The van der Waals surface area contributed by atoms with E-state index in [2.05, 4.69) is 0 Å². The Labute approximate surface area is 220 Å². The molecule has 4 aliphatic rings. The summed E-state index contributed by atoms with van der Waals surface area (Å²) in [6.07, 6.45) is 11.8. The topological polar surface area (TPSA) is 87.2 Å². The van der Waals surface area contributed by atoms with Gasteiger partial charge in [-0.3, -0.25) is 14.4 Å². The summed E-state index contributed by atoms with van der Waals surface area (Å²) in [5.74, 6) is -1.93. The zero-order valence-corrected chi connectivity index (χ0v) is 21.6. The quantitative estimate of drug-likeness (QED) is 0.329. The third-order valence-electron chi connectivity index (χ3n) is 7.57. The molecule has 0 saturated carbocycles. The minimum absolute atomic E-state index is 0.144. The van der Waals surface area contributed by atoms with Gasteiger partial charge in [0.1, 0.15) is 6.04 Å². The number of anilines is 1. The summed E-state index contributed by atoms with van der Waals surface area (Å²) in [4.78, 5) is 44.8. The first-order valence-corrected chi connectivity index (χ1v) is 13.9. The van der Waals surface area contributed by atoms with Gasteiger partial charge in [0.05, 0.1) is 23.2 Å². The molecule has 7 nitrogen and oxygen atoms in total. The summed E-state index contributed by atoms with van der Waals surface area (Å²) in [7, 11) is 0. The molecule has 5 rings (SSSR count). The summed E-state index contributed by atoms with van der Waals surface area (Å²) in [6.45, 7) is 1.25. The van der Waals surface area contributed by atoms with Gasteiger partial charge in [0.25, 0.3) is 5.91 Å². The van der Waals surface area contributed by atoms with Crippen LogP contribution < -0.4 is 4.90 Å². The lowest BCUT2D eigenvalue weighted by atomic mass is 9.78. The van der Waals surface area contributed by atoms with Crippen molar-refractivity contribution in [2.75, 3.05) is 31.2 Å². The van der Waals surface area contributed by atoms with Crippen molar-refractivity contribution in [1.29, 1.82) is 0 Å². The van der Waals surface area contributed by atoms with Crippen LogP contribution in [0.15, 0.2) is 48.6 Å². The number of benzene rings is 1. The standard InChI is InChI=1S/C27H31ClN2O5S/c28-18-9-11-19(12-10-18)29-15-7-13-27-22(21-20(36-27)8-3-6-17-35-26(21)34)24(32)30(23(27)25(29)33)14-4-1-2-5-16-31/h3,7-13,20-23,31H,1-2,4-6,14-17H2/t20-,21+,22-,23?,27-/m0/s1. The van der Waals surface area contributed by atoms with E-state index in [1.54, 1.807) is 33.7 Å². The van der Waals surface area contributed by atoms with Crippen LogP contribution in [0.2, 0.25) is 5.02 Å². The number of ether oxygens (including phenoxy) is 1. The van der Waals surface area contributed by atoms with Crippen LogP contribution in [-0.4, -0.2) is 70.1 Å². The lowest BCUT2D eigenvalue weighted by Crippen LogP contribution is -2.53. The minimum atomic E-state index is -0.844. The maximum absolute atomic E-state index is 14.2. The Morgan fingerprint density at radius 3 is 2.61 bits per heavy atom. The number of amides is 2. The fraction of sp³-hybridized carbons (Fsp3) is 0.519. The average molecular weight is 531 g/mol. The average Bonchev–Trinajstić information content (AvgIpc) is 3.23. The number of carbonyl (C=O) groups is 3. The number of halogens is 1. The molecule has 0 radical (unpaired) electrons. The number of nitrogens with zero attached hydrogens (tertiary/aromatic N) is 2. The molecule has 1 N–H and O–H groups in total. The van der Waals surface area contributed by atoms with E-state index in [-0.39, 0.29) is 29.6 Å². The first-order valence-electron chi connectivity index (χ1n) is 12.6. The maximum Gasteiger partial charge on any atom is 0.311 e. The minimum Gasteiger partial charge on any atom is -0.465 e. The van der Waals surface area contributed by atoms with Crippen LogP contribution in [-0.2, 0) is 19.1 Å². The van der Waals surface area contributed by atoms with Crippen LogP contribution in [0.4, 0.5) is 5.69 Å². The highest BCUT2D eigenvalue weighted by atomic mass is 35.5. The number of fused-ring (bicyclic) bond motifs is 2. The molecule has 0 aromatic heterocycles. The van der Waals surface area contributed by atoms with Gasteiger partial charge in [-0.1, -0.05) is 48.7 Å². The number of cyclic esters (lactones) is 1. The molecule has 0 aliphatic carbocycles. The smallest absolute Gasteiger partial charge is 0.311 e. The summed E-state index contributed by atoms with van der Waals surface area (Å²) in [5.41, 5.74) is 0.721. The van der Waals surface area contributed by atoms with E-state index < -0.39 is 22.6 Å². The van der Waals surface area contributed by atoms with Crippen LogP contribution in [0.25, 0.3) is 0 Å². The number of carbonyl (C=O) groups excluding carboxylic acids is 3. The molecular formula is C27H31ClN2O5S. The van der Waals surface area contributed by atoms with Crippen molar-refractivity contribution < 1.29 is 24.2 Å². The van der Waals surface area contributed by atoms with E-state index in [0.717, 1.165) is 24.9 Å². The first-order chi connectivity index (χ1) is 17.5. The third-order valence-corrected chi connectivity index (χ3v) is 9.56. The van der Waals surface area contributed by atoms with E-state index >= 15 is 0 Å². The van der Waals surface area contributed by atoms with Crippen molar-refractivity contribution in [1.82, 2.24) is 4.90 Å². The highest BCUT2D eigenvalue weighted by Crippen LogP contribution is 2.60. The molecule has 1 unspecified atom stereocenters. The van der Waals surface area contributed by atoms with Crippen LogP contribution in [0, 0.1) is 11.8 Å². The van der Waals surface area contributed by atoms with E-state index in [1.807, 2.05) is 36.4 Å². The highest BCUT2D eigenvalue weighted by molar-refractivity contribution is 8.02. The zero-order valence-electron chi connectivity index (χ0n) is 20.1. The maximum atomic E-state index is 14.2. The molecule has 9 heteroatoms. The predicted octanol–water partition coefficient (Wildman–Crippen LogP) is 3.60. The summed E-state index contributed by atoms with van der Waals surface area (Å²) < 4.78 is 4.68. The number of hydrogen-bond donors (Lipinski definition) is 1. The second-order valence-electron chi connectivity index (χ2n) is 9.72. The zero-order chi connectivity index (χ0) is 25.3. The second kappa shape index (κ2) is 10.6. The molecule has 5 atom stereocenters. The molecule has 0 bridgehead atoms. The number of esters is 1. The van der Waals surface area contributed by atoms with Crippen LogP contribution in [0.1, 0.15) is 32.1 Å². The number of likely N-dealkylation sites (tertiary alicyclic amines) is 1. The Hall–Kier alpha value is -2.29. The van der Waals surface area contributed by atoms with Crippen molar-refractivity contribution in [3.8, 4) is 0 Å². The largest absolute Gasteiger partial charge is 0.465 e. The Kier molecular flexibility index (Phi) is 7.47. The van der Waals surface area contributed by atoms with Gasteiger partial charge in [0, 0.05) is 35.7 Å². The van der Waals surface area contributed by atoms with Crippen LogP contribution in [0.5, 0.6) is 0 Å². The second-order valence-corrected chi connectivity index (χ2v) is 11.6. The van der Waals surface area contributed by atoms with E-state index in [0.29, 0.717) is 37.6 Å². The SMILES string of the molecule is O=C1OCCC=C[C@@H]2S[C@]34C=CCN(c5ccc(Cl)cc5)C(=O)C3N(CCCCCCO)C(=O)[C@@H]4[C@H]12. The highest BCUT2D eigenvalue weighted by Gasteiger charge is 2.70. The lowest BCUT2D eigenvalue weighted by Gasteiger charge is -2.35. The fourth-order valence-corrected chi connectivity index (χ4v) is 8.08. The molecule has 36 heavy (non-hydrogen) atoms. The summed E-state index contributed by atoms with van der Waals surface area (Å²) in [5, 5.41) is 9.46. The van der Waals surface area contributed by atoms with Crippen LogP contribution >= 0.6 is 23.4 Å². The molecule has 2 amide bonds. The number of rotatable bonds is 7. The molecule has 192 valence electrons. The Balaban J connectivity index is 1.53. The molecule has 2 saturated heterocycles. The normalized spacial score (nSPS) is 31.4. The van der Waals surface area contributed by atoms with Gasteiger partial charge in [-0.15, -0.1) is 11.8 Å². The lowest BCUT2D eigenvalue weighted by molar-refractivity contribution is -0.153. The van der Waals surface area contributed by atoms with Gasteiger partial charge < -0.3 is 19.6 Å². The van der Waals surface area contributed by atoms with Gasteiger partial charge in [0.15, 0.2) is 0 Å². The van der Waals surface area contributed by atoms with E-state index in [4.69, 9.17) is 21.4 Å². The van der Waals surface area contributed by atoms with Gasteiger partial charge in [-0.2, -0.15) is 0 Å². The number of unbranched alkanes of at least 4 members (excludes halogenated alkanes) is 3. The Morgan fingerprint density at radius 2 is 1.83 bits per heavy atom. The predicted molar refractivity (Wildman–Crippen MR) is 140 cm³/mol. The monoisotopic (exact) mass is 530 g/mol. The molecule has 1 aromatic rings. The molecule has 2 fully saturated rings. The Bertz CT molecular complexity index is 1080. The summed E-state index contributed by atoms with van der Waals surface area (Å²) >= 11 is 7.64. The number of aliphatic hydroxyl groups is 1. The van der Waals surface area contributed by atoms with Crippen molar-refractivity contribution in [3.05, 3.63) is 53.6 Å². The number of aliphatic hydroxyl groups excluding tert-OH is 1. The molecule has 4 aliphatic heterocycles. The van der Waals surface area contributed by atoms with Gasteiger partial charge in [0.2, 0.25) is 5.91 Å². The molecule has 4 heterocycles. The van der Waals surface area contributed by atoms with Crippen molar-refractivity contribution in [3.63, 3.8) is 0 Å². The third kappa shape index (κ3) is 4.37. The van der Waals surface area contributed by atoms with Crippen molar-refractivity contribution in [2.24, 2.45) is 11.8 Å². The van der Waals surface area contributed by atoms with Crippen molar-refractivity contribution in [2.45, 2.75) is 48.1 Å². The van der Waals surface area contributed by atoms with Gasteiger partial charge in [-0.05, 0) is 43.5 Å². The molecule has 1 aromatic carbocycles. The van der Waals surface area contributed by atoms with Crippen molar-refractivity contribution >= 4 is 46.8 Å². The number of hydrogen-bond acceptors (Lipinski definition) is 6. The van der Waals surface area contributed by atoms with Gasteiger partial charge >= 0.3 is 5.97 Å². The first kappa shape index (κ1) is 25.4. The van der Waals surface area contributed by atoms with Gasteiger partial charge in [-0.25, -0.2) is 0 Å². The Morgan fingerprint density at radius 1 is 1.06 bits per heavy atom.